The zero-order chi connectivity index (χ0) is 17.1. The molecule has 0 bridgehead atoms. The number of rotatable bonds is 5. The number of carbonyl (C=O) groups excluding carboxylic acids is 1. The van der Waals surface area contributed by atoms with Crippen molar-refractivity contribution in [3.8, 4) is 0 Å². The maximum atomic E-state index is 12.0. The summed E-state index contributed by atoms with van der Waals surface area (Å²) in [6.45, 7) is 2.85. The van der Waals surface area contributed by atoms with Crippen LogP contribution in [0.2, 0.25) is 0 Å². The van der Waals surface area contributed by atoms with Gasteiger partial charge in [-0.25, -0.2) is 9.67 Å². The van der Waals surface area contributed by atoms with Crippen LogP contribution < -0.4 is 5.32 Å². The van der Waals surface area contributed by atoms with E-state index in [1.165, 1.54) is 21.4 Å². The second-order valence-corrected chi connectivity index (χ2v) is 6.97. The van der Waals surface area contributed by atoms with E-state index in [-0.39, 0.29) is 12.5 Å². The highest BCUT2D eigenvalue weighted by Gasteiger charge is 2.21. The van der Waals surface area contributed by atoms with E-state index in [4.69, 9.17) is 0 Å². The van der Waals surface area contributed by atoms with Gasteiger partial charge in [0.2, 0.25) is 5.91 Å². The average Bonchev–Trinajstić information content (AvgIpc) is 3.24. The average molecular weight is 355 g/mol. The third-order valence-corrected chi connectivity index (χ3v) is 5.00. The molecule has 0 spiro atoms. The molecule has 1 aromatic carbocycles. The Kier molecular flexibility index (Phi) is 4.49. The molecule has 3 heterocycles. The van der Waals surface area contributed by atoms with Crippen LogP contribution in [-0.2, 0) is 30.8 Å². The number of tetrazole rings is 1. The van der Waals surface area contributed by atoms with E-state index >= 15 is 0 Å². The molecule has 0 fully saturated rings. The minimum absolute atomic E-state index is 0.0807. The number of aromatic nitrogens is 5. The van der Waals surface area contributed by atoms with Crippen molar-refractivity contribution in [2.24, 2.45) is 0 Å². The Balaban J connectivity index is 1.38. The van der Waals surface area contributed by atoms with Gasteiger partial charge in [-0.2, -0.15) is 0 Å². The van der Waals surface area contributed by atoms with Gasteiger partial charge in [-0.15, -0.1) is 16.4 Å². The number of thiazole rings is 1. The zero-order valence-corrected chi connectivity index (χ0v) is 14.3. The third-order valence-electron chi connectivity index (χ3n) is 4.00. The number of benzene rings is 1. The van der Waals surface area contributed by atoms with Crippen LogP contribution in [0.5, 0.6) is 0 Å². The van der Waals surface area contributed by atoms with Crippen molar-refractivity contribution >= 4 is 22.4 Å². The molecule has 8 nitrogen and oxygen atoms in total. The van der Waals surface area contributed by atoms with E-state index in [9.17, 15) is 4.79 Å². The van der Waals surface area contributed by atoms with Gasteiger partial charge in [-0.3, -0.25) is 9.69 Å². The van der Waals surface area contributed by atoms with Gasteiger partial charge < -0.3 is 5.32 Å². The number of hydrogen-bond donors (Lipinski definition) is 1. The van der Waals surface area contributed by atoms with Crippen LogP contribution in [0.4, 0.5) is 5.13 Å². The third kappa shape index (κ3) is 3.89. The van der Waals surface area contributed by atoms with Gasteiger partial charge in [-0.05, 0) is 16.0 Å². The Morgan fingerprint density at radius 3 is 2.96 bits per heavy atom. The summed E-state index contributed by atoms with van der Waals surface area (Å²) in [6, 6.07) is 10.5. The molecule has 25 heavy (non-hydrogen) atoms. The van der Waals surface area contributed by atoms with Crippen molar-refractivity contribution in [3.05, 3.63) is 52.8 Å². The van der Waals surface area contributed by atoms with Crippen molar-refractivity contribution in [1.29, 1.82) is 0 Å². The molecule has 1 aliphatic heterocycles. The number of amides is 1. The summed E-state index contributed by atoms with van der Waals surface area (Å²) < 4.78 is 1.38. The molecule has 3 aromatic rings. The van der Waals surface area contributed by atoms with Crippen LogP contribution in [0.3, 0.4) is 0 Å². The van der Waals surface area contributed by atoms with Crippen molar-refractivity contribution in [2.45, 2.75) is 26.1 Å². The molecule has 2 aromatic heterocycles. The molecule has 0 radical (unpaired) electrons. The molecule has 0 aliphatic carbocycles. The zero-order valence-electron chi connectivity index (χ0n) is 13.5. The summed E-state index contributed by atoms with van der Waals surface area (Å²) in [5, 5.41) is 14.2. The van der Waals surface area contributed by atoms with E-state index in [0.29, 0.717) is 5.13 Å². The van der Waals surface area contributed by atoms with Crippen molar-refractivity contribution in [3.63, 3.8) is 0 Å². The van der Waals surface area contributed by atoms with Gasteiger partial charge in [0.1, 0.15) is 12.9 Å². The number of nitrogens with zero attached hydrogens (tertiary/aromatic N) is 6. The summed E-state index contributed by atoms with van der Waals surface area (Å²) >= 11 is 1.54. The second kappa shape index (κ2) is 7.08. The molecule has 1 N–H and O–H groups in total. The predicted molar refractivity (Wildman–Crippen MR) is 92.8 cm³/mol. The number of carbonyl (C=O) groups is 1. The lowest BCUT2D eigenvalue weighted by Crippen LogP contribution is -2.29. The lowest BCUT2D eigenvalue weighted by Gasteiger charge is -2.25. The summed E-state index contributed by atoms with van der Waals surface area (Å²) in [6.07, 6.45) is 2.31. The number of anilines is 1. The summed E-state index contributed by atoms with van der Waals surface area (Å²) in [7, 11) is 0. The fraction of sp³-hybridized carbons (Fsp3) is 0.312. The molecule has 4 rings (SSSR count). The highest BCUT2D eigenvalue weighted by Crippen LogP contribution is 2.29. The minimum atomic E-state index is -0.181. The Hall–Kier alpha value is -2.65. The lowest BCUT2D eigenvalue weighted by atomic mass is 10.1. The van der Waals surface area contributed by atoms with Crippen LogP contribution in [0.1, 0.15) is 16.1 Å². The van der Waals surface area contributed by atoms with Crippen LogP contribution >= 0.6 is 11.3 Å². The fourth-order valence-corrected chi connectivity index (χ4v) is 3.90. The largest absolute Gasteiger partial charge is 0.300 e. The number of hydrogen-bond acceptors (Lipinski definition) is 7. The Morgan fingerprint density at radius 2 is 2.16 bits per heavy atom. The Morgan fingerprint density at radius 1 is 1.28 bits per heavy atom. The topological polar surface area (TPSA) is 88.8 Å². The fourth-order valence-electron chi connectivity index (χ4n) is 2.84. The SMILES string of the molecule is O=C(Cn1cnnn1)Nc1nc2c(s1)CN(Cc1ccccc1)CC2. The highest BCUT2D eigenvalue weighted by molar-refractivity contribution is 7.15. The van der Waals surface area contributed by atoms with E-state index in [2.05, 4.69) is 55.0 Å². The molecule has 0 atom stereocenters. The first kappa shape index (κ1) is 15.9. The van der Waals surface area contributed by atoms with Gasteiger partial charge >= 0.3 is 0 Å². The van der Waals surface area contributed by atoms with Crippen LogP contribution in [0, 0.1) is 0 Å². The Labute approximate surface area is 148 Å². The predicted octanol–water partition coefficient (Wildman–Crippen LogP) is 1.33. The van der Waals surface area contributed by atoms with E-state index in [1.807, 2.05) is 6.07 Å². The first-order valence-corrected chi connectivity index (χ1v) is 8.83. The molecule has 1 amide bonds. The van der Waals surface area contributed by atoms with Gasteiger partial charge in [0, 0.05) is 30.9 Å². The molecule has 0 saturated heterocycles. The second-order valence-electron chi connectivity index (χ2n) is 5.89. The molecule has 0 saturated carbocycles. The maximum absolute atomic E-state index is 12.0. The van der Waals surface area contributed by atoms with E-state index < -0.39 is 0 Å². The van der Waals surface area contributed by atoms with E-state index in [1.54, 1.807) is 11.3 Å². The first-order valence-electron chi connectivity index (χ1n) is 8.02. The molecule has 9 heteroatoms. The van der Waals surface area contributed by atoms with E-state index in [0.717, 1.165) is 31.7 Å². The smallest absolute Gasteiger partial charge is 0.248 e. The number of fused-ring (bicyclic) bond motifs is 1. The minimum Gasteiger partial charge on any atom is -0.300 e. The summed E-state index contributed by atoms with van der Waals surface area (Å²) in [5.74, 6) is -0.181. The van der Waals surface area contributed by atoms with Crippen LogP contribution in [0.25, 0.3) is 0 Å². The maximum Gasteiger partial charge on any atom is 0.248 e. The van der Waals surface area contributed by atoms with Gasteiger partial charge in [0.15, 0.2) is 5.13 Å². The van der Waals surface area contributed by atoms with Crippen LogP contribution in [-0.4, -0.2) is 42.5 Å². The summed E-state index contributed by atoms with van der Waals surface area (Å²) in [4.78, 5) is 20.2. The molecular weight excluding hydrogens is 338 g/mol. The standard InChI is InChI=1S/C16H17N7OS/c24-15(10-23-11-17-20-21-23)19-16-18-13-6-7-22(9-14(13)25-16)8-12-4-2-1-3-5-12/h1-5,11H,6-10H2,(H,18,19,24). The highest BCUT2D eigenvalue weighted by atomic mass is 32.1. The normalized spacial score (nSPS) is 14.2. The Bertz CT molecular complexity index is 847. The van der Waals surface area contributed by atoms with Gasteiger partial charge in [0.25, 0.3) is 0 Å². The first-order chi connectivity index (χ1) is 12.3. The molecular formula is C16H17N7OS. The van der Waals surface area contributed by atoms with Crippen molar-refractivity contribution in [1.82, 2.24) is 30.1 Å². The summed E-state index contributed by atoms with van der Waals surface area (Å²) in [5.41, 5.74) is 2.40. The number of nitrogens with one attached hydrogen (secondary N) is 1. The monoisotopic (exact) mass is 355 g/mol. The van der Waals surface area contributed by atoms with Crippen molar-refractivity contribution in [2.75, 3.05) is 11.9 Å². The van der Waals surface area contributed by atoms with Crippen molar-refractivity contribution < 1.29 is 4.79 Å². The van der Waals surface area contributed by atoms with Crippen LogP contribution in [0.15, 0.2) is 36.7 Å². The molecule has 1 aliphatic rings. The van der Waals surface area contributed by atoms with Gasteiger partial charge in [-0.1, -0.05) is 30.3 Å². The quantitative estimate of drug-likeness (QED) is 0.743. The van der Waals surface area contributed by atoms with Gasteiger partial charge in [0.05, 0.1) is 5.69 Å². The molecule has 128 valence electrons. The lowest BCUT2D eigenvalue weighted by molar-refractivity contribution is -0.116. The molecule has 0 unspecified atom stereocenters.